The normalized spacial score (nSPS) is 30.8. The van der Waals surface area contributed by atoms with Gasteiger partial charge >= 0.3 is 6.09 Å². The van der Waals surface area contributed by atoms with Crippen molar-refractivity contribution in [1.29, 1.82) is 0 Å². The van der Waals surface area contributed by atoms with Crippen molar-refractivity contribution in [2.75, 3.05) is 6.61 Å². The van der Waals surface area contributed by atoms with Crippen molar-refractivity contribution in [2.45, 2.75) is 58.2 Å². The molecule has 2 atom stereocenters. The van der Waals surface area contributed by atoms with Gasteiger partial charge < -0.3 is 9.47 Å². The molecule has 0 aromatic heterocycles. The molecule has 2 rings (SSSR count). The van der Waals surface area contributed by atoms with Crippen LogP contribution in [0.4, 0.5) is 4.79 Å². The minimum atomic E-state index is -0.633. The number of rotatable bonds is 3. The predicted octanol–water partition coefficient (Wildman–Crippen LogP) is 4.09. The SMILES string of the molecule is C=C[C@@H]1CCC[C@@H]1/C=C\OC(=O)N1C(C)(C)COC1(C)C. The van der Waals surface area contributed by atoms with Crippen LogP contribution in [0.5, 0.6) is 0 Å². The third kappa shape index (κ3) is 3.31. The lowest BCUT2D eigenvalue weighted by molar-refractivity contribution is -0.0463. The molecule has 2 aliphatic rings. The van der Waals surface area contributed by atoms with Gasteiger partial charge in [0.2, 0.25) is 0 Å². The second-order valence-electron chi connectivity index (χ2n) is 7.09. The lowest BCUT2D eigenvalue weighted by Crippen LogP contribution is -2.52. The molecule has 4 nitrogen and oxygen atoms in total. The number of hydrogen-bond donors (Lipinski definition) is 0. The number of ether oxygens (including phenoxy) is 2. The number of allylic oxidation sites excluding steroid dienone is 2. The molecule has 1 aliphatic carbocycles. The van der Waals surface area contributed by atoms with Crippen LogP contribution in [0.3, 0.4) is 0 Å². The molecular weight excluding hydrogens is 266 g/mol. The molecule has 1 saturated carbocycles. The highest BCUT2D eigenvalue weighted by molar-refractivity contribution is 5.70. The van der Waals surface area contributed by atoms with Crippen molar-refractivity contribution in [3.8, 4) is 0 Å². The van der Waals surface area contributed by atoms with Crippen LogP contribution in [0.25, 0.3) is 0 Å². The van der Waals surface area contributed by atoms with Crippen LogP contribution in [-0.4, -0.2) is 28.9 Å². The van der Waals surface area contributed by atoms with Gasteiger partial charge in [0.15, 0.2) is 0 Å². The summed E-state index contributed by atoms with van der Waals surface area (Å²) in [6.07, 6.45) is 8.70. The number of carbonyl (C=O) groups excluding carboxylic acids is 1. The molecule has 0 unspecified atom stereocenters. The Labute approximate surface area is 127 Å². The Morgan fingerprint density at radius 2 is 1.95 bits per heavy atom. The fourth-order valence-corrected chi connectivity index (χ4v) is 3.48. The first-order valence-electron chi connectivity index (χ1n) is 7.72. The largest absolute Gasteiger partial charge is 0.418 e. The van der Waals surface area contributed by atoms with Crippen molar-refractivity contribution >= 4 is 6.09 Å². The summed E-state index contributed by atoms with van der Waals surface area (Å²) < 4.78 is 11.0. The molecule has 2 fully saturated rings. The molecule has 0 spiro atoms. The highest BCUT2D eigenvalue weighted by atomic mass is 16.6. The molecule has 0 bridgehead atoms. The molecule has 1 aliphatic heterocycles. The zero-order chi connectivity index (χ0) is 15.7. The van der Waals surface area contributed by atoms with Crippen molar-refractivity contribution in [3.63, 3.8) is 0 Å². The standard InChI is InChI=1S/C17H27NO3/c1-6-13-8-7-9-14(13)10-11-20-15(19)18-16(2,3)12-21-17(18,4)5/h6,10-11,13-14H,1,7-9,12H2,2-5H3/b11-10-/t13-,14-/m1/s1. The predicted molar refractivity (Wildman–Crippen MR) is 82.6 cm³/mol. The van der Waals surface area contributed by atoms with E-state index in [1.165, 1.54) is 12.8 Å². The summed E-state index contributed by atoms with van der Waals surface area (Å²) in [5.74, 6) is 0.939. The summed E-state index contributed by atoms with van der Waals surface area (Å²) in [5.41, 5.74) is -0.989. The van der Waals surface area contributed by atoms with Gasteiger partial charge in [-0.2, -0.15) is 0 Å². The maximum atomic E-state index is 12.4. The van der Waals surface area contributed by atoms with E-state index in [0.29, 0.717) is 18.4 Å². The molecule has 1 heterocycles. The van der Waals surface area contributed by atoms with Crippen LogP contribution < -0.4 is 0 Å². The Bertz CT molecular complexity index is 423. The van der Waals surface area contributed by atoms with Gasteiger partial charge in [0.05, 0.1) is 18.4 Å². The minimum absolute atomic E-state index is 0.355. The first-order valence-corrected chi connectivity index (χ1v) is 7.72. The van der Waals surface area contributed by atoms with E-state index in [2.05, 4.69) is 6.58 Å². The molecule has 0 N–H and O–H groups in total. The van der Waals surface area contributed by atoms with Crippen LogP contribution in [0, 0.1) is 11.8 Å². The smallest absolute Gasteiger partial charge is 0.417 e. The third-order valence-corrected chi connectivity index (χ3v) is 4.53. The molecular formula is C17H27NO3. The first kappa shape index (κ1) is 16.1. The average Bonchev–Trinajstić information content (AvgIpc) is 2.91. The third-order valence-electron chi connectivity index (χ3n) is 4.53. The Hall–Kier alpha value is -1.29. The van der Waals surface area contributed by atoms with E-state index < -0.39 is 5.72 Å². The molecule has 21 heavy (non-hydrogen) atoms. The summed E-state index contributed by atoms with van der Waals surface area (Å²) in [6.45, 7) is 12.1. The molecule has 1 amide bonds. The van der Waals surface area contributed by atoms with E-state index in [0.717, 1.165) is 6.42 Å². The molecule has 0 aromatic carbocycles. The number of carbonyl (C=O) groups is 1. The van der Waals surface area contributed by atoms with E-state index >= 15 is 0 Å². The Balaban J connectivity index is 1.97. The summed E-state index contributed by atoms with van der Waals surface area (Å²) >= 11 is 0. The first-order chi connectivity index (χ1) is 9.78. The van der Waals surface area contributed by atoms with Gasteiger partial charge in [0.25, 0.3) is 0 Å². The topological polar surface area (TPSA) is 38.8 Å². The summed E-state index contributed by atoms with van der Waals surface area (Å²) in [4.78, 5) is 14.0. The maximum absolute atomic E-state index is 12.4. The average molecular weight is 293 g/mol. The lowest BCUT2D eigenvalue weighted by atomic mass is 9.96. The van der Waals surface area contributed by atoms with Gasteiger partial charge in [0.1, 0.15) is 5.72 Å². The lowest BCUT2D eigenvalue weighted by Gasteiger charge is -2.36. The number of hydrogen-bond acceptors (Lipinski definition) is 3. The second-order valence-corrected chi connectivity index (χ2v) is 7.09. The van der Waals surface area contributed by atoms with Gasteiger partial charge in [-0.25, -0.2) is 4.79 Å². The van der Waals surface area contributed by atoms with E-state index in [1.807, 2.05) is 39.8 Å². The van der Waals surface area contributed by atoms with E-state index in [-0.39, 0.29) is 11.6 Å². The van der Waals surface area contributed by atoms with E-state index in [9.17, 15) is 4.79 Å². The van der Waals surface area contributed by atoms with Gasteiger partial charge in [-0.3, -0.25) is 4.90 Å². The van der Waals surface area contributed by atoms with Gasteiger partial charge in [-0.1, -0.05) is 12.5 Å². The van der Waals surface area contributed by atoms with Crippen LogP contribution >= 0.6 is 0 Å². The van der Waals surface area contributed by atoms with Crippen LogP contribution in [0.1, 0.15) is 47.0 Å². The fourth-order valence-electron chi connectivity index (χ4n) is 3.48. The van der Waals surface area contributed by atoms with Crippen molar-refractivity contribution in [3.05, 3.63) is 25.0 Å². The van der Waals surface area contributed by atoms with Crippen molar-refractivity contribution in [2.24, 2.45) is 11.8 Å². The Kier molecular flexibility index (Phi) is 4.47. The quantitative estimate of drug-likeness (QED) is 0.581. The zero-order valence-corrected chi connectivity index (χ0v) is 13.6. The van der Waals surface area contributed by atoms with Gasteiger partial charge in [-0.05, 0) is 58.4 Å². The summed E-state index contributed by atoms with van der Waals surface area (Å²) in [5, 5.41) is 0. The molecule has 0 aromatic rings. The second kappa shape index (κ2) is 5.84. The van der Waals surface area contributed by atoms with E-state index in [1.54, 1.807) is 11.2 Å². The molecule has 1 saturated heterocycles. The van der Waals surface area contributed by atoms with Crippen LogP contribution in [0.15, 0.2) is 25.0 Å². The Morgan fingerprint density at radius 3 is 2.52 bits per heavy atom. The van der Waals surface area contributed by atoms with Gasteiger partial charge in [0, 0.05) is 0 Å². The van der Waals surface area contributed by atoms with E-state index in [4.69, 9.17) is 9.47 Å². The maximum Gasteiger partial charge on any atom is 0.417 e. The van der Waals surface area contributed by atoms with Crippen molar-refractivity contribution < 1.29 is 14.3 Å². The molecule has 0 radical (unpaired) electrons. The highest BCUT2D eigenvalue weighted by Gasteiger charge is 2.49. The van der Waals surface area contributed by atoms with Gasteiger partial charge in [-0.15, -0.1) is 6.58 Å². The van der Waals surface area contributed by atoms with Crippen LogP contribution in [-0.2, 0) is 9.47 Å². The molecule has 4 heteroatoms. The summed E-state index contributed by atoms with van der Waals surface area (Å²) in [6, 6.07) is 0. The fraction of sp³-hybridized carbons (Fsp3) is 0.706. The minimum Gasteiger partial charge on any atom is -0.418 e. The monoisotopic (exact) mass is 293 g/mol. The highest BCUT2D eigenvalue weighted by Crippen LogP contribution is 2.36. The van der Waals surface area contributed by atoms with Crippen molar-refractivity contribution in [1.82, 2.24) is 4.90 Å². The summed E-state index contributed by atoms with van der Waals surface area (Å²) in [7, 11) is 0. The molecule has 118 valence electrons. The Morgan fingerprint density at radius 1 is 1.29 bits per heavy atom. The number of nitrogens with zero attached hydrogens (tertiary/aromatic N) is 1. The zero-order valence-electron chi connectivity index (χ0n) is 13.6. The number of amides is 1. The van der Waals surface area contributed by atoms with Crippen LogP contribution in [0.2, 0.25) is 0 Å².